The molecule has 0 unspecified atom stereocenters. The number of benzene rings is 3. The van der Waals surface area contributed by atoms with Crippen LogP contribution in [0.3, 0.4) is 0 Å². The van der Waals surface area contributed by atoms with Gasteiger partial charge < -0.3 is 14.1 Å². The Hall–Kier alpha value is -3.86. The maximum Gasteiger partial charge on any atom is 0.180 e. The van der Waals surface area contributed by atoms with Crippen molar-refractivity contribution in [1.82, 2.24) is 9.55 Å². The summed E-state index contributed by atoms with van der Waals surface area (Å²) < 4.78 is 21.6. The van der Waals surface area contributed by atoms with Crippen LogP contribution >= 0.6 is 0 Å². The number of fused-ring (bicyclic) bond motifs is 1. The van der Waals surface area contributed by atoms with E-state index in [0.717, 1.165) is 39.0 Å². The zero-order chi connectivity index (χ0) is 22.5. The summed E-state index contributed by atoms with van der Waals surface area (Å²) in [7, 11) is 0. The first-order valence-corrected chi connectivity index (χ1v) is 10.5. The molecule has 0 radical (unpaired) electrons. The molecule has 2 heterocycles. The van der Waals surface area contributed by atoms with Crippen LogP contribution < -0.4 is 0 Å². The van der Waals surface area contributed by atoms with E-state index in [1.54, 1.807) is 24.4 Å². The predicted octanol–water partition coefficient (Wildman–Crippen LogP) is 6.76. The predicted molar refractivity (Wildman–Crippen MR) is 124 cm³/mol. The topological polar surface area (TPSA) is 51.2 Å². The van der Waals surface area contributed by atoms with Crippen LogP contribution in [0.15, 0.2) is 83.7 Å². The van der Waals surface area contributed by atoms with Crippen molar-refractivity contribution in [2.75, 3.05) is 0 Å². The Morgan fingerprint density at radius 3 is 2.34 bits per heavy atom. The third-order valence-electron chi connectivity index (χ3n) is 6.04. The van der Waals surface area contributed by atoms with Gasteiger partial charge in [-0.3, -0.25) is 0 Å². The number of hydrogen-bond acceptors (Lipinski definition) is 3. The van der Waals surface area contributed by atoms with E-state index in [1.165, 1.54) is 18.5 Å². The van der Waals surface area contributed by atoms with Crippen molar-refractivity contribution in [2.24, 2.45) is 0 Å². The summed E-state index contributed by atoms with van der Waals surface area (Å²) in [6.45, 7) is 6.18. The summed E-state index contributed by atoms with van der Waals surface area (Å²) >= 11 is 0. The molecular formula is C27H23FN2O2. The van der Waals surface area contributed by atoms with Crippen molar-refractivity contribution in [3.8, 4) is 22.6 Å². The molecule has 32 heavy (non-hydrogen) atoms. The molecule has 0 atom stereocenters. The third-order valence-corrected chi connectivity index (χ3v) is 6.04. The number of aromatic nitrogens is 2. The maximum atomic E-state index is 13.8. The number of phenols is 1. The fraction of sp³-hybridized carbons (Fsp3) is 0.148. The van der Waals surface area contributed by atoms with Gasteiger partial charge in [0.2, 0.25) is 0 Å². The van der Waals surface area contributed by atoms with Crippen LogP contribution in [0, 0.1) is 12.7 Å². The summed E-state index contributed by atoms with van der Waals surface area (Å²) in [5.41, 5.74) is 4.96. The molecule has 0 amide bonds. The van der Waals surface area contributed by atoms with Gasteiger partial charge in [-0.25, -0.2) is 9.37 Å². The molecule has 5 rings (SSSR count). The average molecular weight is 426 g/mol. The van der Waals surface area contributed by atoms with Crippen molar-refractivity contribution >= 4 is 10.9 Å². The summed E-state index contributed by atoms with van der Waals surface area (Å²) in [6.07, 6.45) is 3.14. The molecule has 5 heteroatoms. The molecule has 0 aliphatic heterocycles. The quantitative estimate of drug-likeness (QED) is 0.345. The van der Waals surface area contributed by atoms with Gasteiger partial charge in [0.1, 0.15) is 17.3 Å². The summed E-state index contributed by atoms with van der Waals surface area (Å²) in [5.74, 6) is 0.577. The van der Waals surface area contributed by atoms with Crippen LogP contribution in [0.1, 0.15) is 30.9 Å². The number of oxazole rings is 1. The summed E-state index contributed by atoms with van der Waals surface area (Å²) in [4.78, 5) is 4.14. The monoisotopic (exact) mass is 426 g/mol. The van der Waals surface area contributed by atoms with Crippen molar-refractivity contribution in [3.63, 3.8) is 0 Å². The SMILES string of the molecule is Cc1ccc(-c2c(C(C)(C)c3cnco3)n(-c3ccc(F)cc3)c3cccc(O)c23)cc1. The van der Waals surface area contributed by atoms with Gasteiger partial charge in [0, 0.05) is 22.3 Å². The molecular weight excluding hydrogens is 403 g/mol. The summed E-state index contributed by atoms with van der Waals surface area (Å²) in [6, 6.07) is 20.1. The second kappa shape index (κ2) is 7.38. The van der Waals surface area contributed by atoms with E-state index in [-0.39, 0.29) is 11.6 Å². The average Bonchev–Trinajstić information content (AvgIpc) is 3.43. The first-order valence-electron chi connectivity index (χ1n) is 10.5. The lowest BCUT2D eigenvalue weighted by Gasteiger charge is -2.26. The number of hydrogen-bond donors (Lipinski definition) is 1. The molecule has 0 fully saturated rings. The lowest BCUT2D eigenvalue weighted by atomic mass is 9.82. The minimum absolute atomic E-state index is 0.188. The van der Waals surface area contributed by atoms with E-state index in [4.69, 9.17) is 4.42 Å². The standard InChI is InChI=1S/C27H23FN2O2/c1-17-7-9-18(10-8-17)24-25-21(5-4-6-22(25)31)30(20-13-11-19(28)12-14-20)26(24)27(2,3)23-15-29-16-32-23/h4-16,31H,1-3H3. The zero-order valence-corrected chi connectivity index (χ0v) is 18.1. The van der Waals surface area contributed by atoms with Crippen LogP contribution in [0.25, 0.3) is 27.7 Å². The summed E-state index contributed by atoms with van der Waals surface area (Å²) in [5, 5.41) is 11.7. The van der Waals surface area contributed by atoms with Gasteiger partial charge in [-0.15, -0.1) is 0 Å². The van der Waals surface area contributed by atoms with Gasteiger partial charge in [-0.1, -0.05) is 35.9 Å². The highest BCUT2D eigenvalue weighted by atomic mass is 19.1. The van der Waals surface area contributed by atoms with Crippen molar-refractivity contribution < 1.29 is 13.9 Å². The molecule has 0 spiro atoms. The Balaban J connectivity index is 1.97. The molecule has 3 aromatic carbocycles. The number of nitrogens with zero attached hydrogens (tertiary/aromatic N) is 2. The van der Waals surface area contributed by atoms with Gasteiger partial charge in [0.25, 0.3) is 0 Å². The van der Waals surface area contributed by atoms with E-state index >= 15 is 0 Å². The molecule has 0 saturated carbocycles. The van der Waals surface area contributed by atoms with Crippen molar-refractivity contribution in [2.45, 2.75) is 26.2 Å². The highest BCUT2D eigenvalue weighted by molar-refractivity contribution is 6.03. The molecule has 4 nitrogen and oxygen atoms in total. The first kappa shape index (κ1) is 20.1. The van der Waals surface area contributed by atoms with Gasteiger partial charge in [-0.05, 0) is 62.7 Å². The maximum absolute atomic E-state index is 13.8. The number of aryl methyl sites for hydroxylation is 1. The zero-order valence-electron chi connectivity index (χ0n) is 18.1. The molecule has 0 aliphatic rings. The molecule has 1 N–H and O–H groups in total. The highest BCUT2D eigenvalue weighted by Gasteiger charge is 2.36. The van der Waals surface area contributed by atoms with E-state index in [2.05, 4.69) is 47.7 Å². The van der Waals surface area contributed by atoms with E-state index < -0.39 is 5.41 Å². The lowest BCUT2D eigenvalue weighted by Crippen LogP contribution is -2.23. The second-order valence-electron chi connectivity index (χ2n) is 8.56. The van der Waals surface area contributed by atoms with Crippen LogP contribution in [-0.4, -0.2) is 14.7 Å². The number of phenolic OH excluding ortho intramolecular Hbond substituents is 1. The van der Waals surface area contributed by atoms with Crippen molar-refractivity contribution in [3.05, 3.63) is 102 Å². The van der Waals surface area contributed by atoms with Gasteiger partial charge >= 0.3 is 0 Å². The van der Waals surface area contributed by atoms with E-state index in [0.29, 0.717) is 5.76 Å². The fourth-order valence-corrected chi connectivity index (χ4v) is 4.41. The number of aromatic hydroxyl groups is 1. The van der Waals surface area contributed by atoms with Crippen LogP contribution in [-0.2, 0) is 5.41 Å². The van der Waals surface area contributed by atoms with Gasteiger partial charge in [0.05, 0.1) is 17.1 Å². The Morgan fingerprint density at radius 2 is 1.69 bits per heavy atom. The van der Waals surface area contributed by atoms with Gasteiger partial charge in [-0.2, -0.15) is 0 Å². The van der Waals surface area contributed by atoms with Gasteiger partial charge in [0.15, 0.2) is 6.39 Å². The minimum Gasteiger partial charge on any atom is -0.507 e. The minimum atomic E-state index is -0.615. The molecule has 2 aromatic heterocycles. The Morgan fingerprint density at radius 1 is 0.969 bits per heavy atom. The Bertz CT molecular complexity index is 1400. The second-order valence-corrected chi connectivity index (χ2v) is 8.56. The van der Waals surface area contributed by atoms with E-state index in [9.17, 15) is 9.50 Å². The third kappa shape index (κ3) is 3.09. The highest BCUT2D eigenvalue weighted by Crippen LogP contribution is 2.47. The first-order chi connectivity index (χ1) is 15.4. The molecule has 0 saturated heterocycles. The Labute approximate surface area is 185 Å². The van der Waals surface area contributed by atoms with E-state index in [1.807, 2.05) is 19.1 Å². The normalized spacial score (nSPS) is 11.9. The lowest BCUT2D eigenvalue weighted by molar-refractivity contribution is 0.419. The molecule has 160 valence electrons. The van der Waals surface area contributed by atoms with Crippen molar-refractivity contribution in [1.29, 1.82) is 0 Å². The Kier molecular flexibility index (Phi) is 4.63. The number of rotatable bonds is 4. The van der Waals surface area contributed by atoms with Crippen LogP contribution in [0.2, 0.25) is 0 Å². The molecule has 0 aliphatic carbocycles. The smallest absolute Gasteiger partial charge is 0.180 e. The van der Waals surface area contributed by atoms with Crippen LogP contribution in [0.4, 0.5) is 4.39 Å². The molecule has 0 bridgehead atoms. The fourth-order valence-electron chi connectivity index (χ4n) is 4.41. The number of halogens is 1. The molecule has 5 aromatic rings. The van der Waals surface area contributed by atoms with Crippen LogP contribution in [0.5, 0.6) is 5.75 Å². The largest absolute Gasteiger partial charge is 0.507 e.